The van der Waals surface area contributed by atoms with Crippen molar-refractivity contribution in [2.24, 2.45) is 5.92 Å². The predicted octanol–water partition coefficient (Wildman–Crippen LogP) is 4.57. The summed E-state index contributed by atoms with van der Waals surface area (Å²) in [6, 6.07) is 8.01. The van der Waals surface area contributed by atoms with Crippen LogP contribution in [0.1, 0.15) is 18.4 Å². The minimum Gasteiger partial charge on any atom is -0.494 e. The summed E-state index contributed by atoms with van der Waals surface area (Å²) in [6.07, 6.45) is -2.39. The van der Waals surface area contributed by atoms with E-state index in [4.69, 9.17) is 4.74 Å². The topological polar surface area (TPSA) is 67.3 Å². The maximum atomic E-state index is 12.7. The molecule has 0 atom stereocenters. The van der Waals surface area contributed by atoms with Gasteiger partial charge in [-0.25, -0.2) is 9.97 Å². The molecule has 0 spiro atoms. The van der Waals surface area contributed by atoms with E-state index in [1.165, 1.54) is 17.4 Å². The van der Waals surface area contributed by atoms with Gasteiger partial charge in [-0.1, -0.05) is 17.4 Å². The molecule has 2 aromatic heterocycles. The molecule has 1 aliphatic heterocycles. The van der Waals surface area contributed by atoms with Crippen molar-refractivity contribution in [3.8, 4) is 5.75 Å². The Bertz CT molecular complexity index is 1040. The minimum absolute atomic E-state index is 0.104. The lowest BCUT2D eigenvalue weighted by atomic mass is 9.96. The number of thiazole rings is 1. The van der Waals surface area contributed by atoms with Crippen molar-refractivity contribution in [3.63, 3.8) is 0 Å². The third kappa shape index (κ3) is 4.18. The van der Waals surface area contributed by atoms with E-state index >= 15 is 0 Å². The molecule has 158 valence electrons. The van der Waals surface area contributed by atoms with Gasteiger partial charge in [0.05, 0.1) is 17.4 Å². The molecule has 3 heterocycles. The Labute approximate surface area is 174 Å². The van der Waals surface area contributed by atoms with E-state index in [0.717, 1.165) is 17.0 Å². The lowest BCUT2D eigenvalue weighted by Gasteiger charge is -2.32. The number of benzene rings is 1. The maximum absolute atomic E-state index is 12.7. The molecular formula is C20H19F3N4O2S. The number of fused-ring (bicyclic) bond motifs is 1. The summed E-state index contributed by atoms with van der Waals surface area (Å²) >= 11 is 1.38. The van der Waals surface area contributed by atoms with Crippen molar-refractivity contribution in [1.82, 2.24) is 9.97 Å². The summed E-state index contributed by atoms with van der Waals surface area (Å²) in [5.41, 5.74) is -0.0588. The van der Waals surface area contributed by atoms with Gasteiger partial charge in [0.25, 0.3) is 0 Å². The van der Waals surface area contributed by atoms with Gasteiger partial charge in [-0.3, -0.25) is 4.79 Å². The Hall–Kier alpha value is -2.88. The maximum Gasteiger partial charge on any atom is 0.417 e. The number of amides is 1. The second kappa shape index (κ2) is 8.10. The average Bonchev–Trinajstić information content (AvgIpc) is 3.15. The third-order valence-corrected chi connectivity index (χ3v) is 6.03. The zero-order valence-corrected chi connectivity index (χ0v) is 16.9. The zero-order chi connectivity index (χ0) is 21.3. The number of halogens is 3. The normalized spacial score (nSPS) is 15.4. The number of para-hydroxylation sites is 1. The number of nitrogens with one attached hydrogen (secondary N) is 1. The van der Waals surface area contributed by atoms with E-state index in [1.54, 1.807) is 7.11 Å². The first-order valence-corrected chi connectivity index (χ1v) is 10.2. The van der Waals surface area contributed by atoms with Crippen LogP contribution in [0.3, 0.4) is 0 Å². The van der Waals surface area contributed by atoms with Crippen molar-refractivity contribution in [1.29, 1.82) is 0 Å². The second-order valence-corrected chi connectivity index (χ2v) is 8.01. The van der Waals surface area contributed by atoms with Gasteiger partial charge in [0.1, 0.15) is 17.1 Å². The fourth-order valence-corrected chi connectivity index (χ4v) is 4.35. The van der Waals surface area contributed by atoms with Crippen LogP contribution in [-0.4, -0.2) is 36.1 Å². The van der Waals surface area contributed by atoms with Gasteiger partial charge in [0.15, 0.2) is 5.13 Å². The van der Waals surface area contributed by atoms with Crippen molar-refractivity contribution in [3.05, 3.63) is 42.1 Å². The zero-order valence-electron chi connectivity index (χ0n) is 16.1. The highest BCUT2D eigenvalue weighted by molar-refractivity contribution is 7.22. The van der Waals surface area contributed by atoms with Gasteiger partial charge >= 0.3 is 6.18 Å². The molecule has 0 radical (unpaired) electrons. The Morgan fingerprint density at radius 3 is 2.63 bits per heavy atom. The second-order valence-electron chi connectivity index (χ2n) is 6.98. The highest BCUT2D eigenvalue weighted by Gasteiger charge is 2.31. The first-order valence-electron chi connectivity index (χ1n) is 9.38. The molecule has 1 saturated heterocycles. The molecule has 0 aliphatic carbocycles. The molecule has 30 heavy (non-hydrogen) atoms. The molecule has 1 fully saturated rings. The molecule has 1 amide bonds. The van der Waals surface area contributed by atoms with Gasteiger partial charge in [-0.05, 0) is 37.1 Å². The molecule has 1 N–H and O–H groups in total. The number of hydrogen-bond donors (Lipinski definition) is 1. The largest absolute Gasteiger partial charge is 0.494 e. The highest BCUT2D eigenvalue weighted by atomic mass is 32.1. The van der Waals surface area contributed by atoms with E-state index in [0.29, 0.717) is 48.1 Å². The highest BCUT2D eigenvalue weighted by Crippen LogP contribution is 2.33. The number of hydrogen-bond acceptors (Lipinski definition) is 6. The van der Waals surface area contributed by atoms with Crippen molar-refractivity contribution >= 4 is 38.4 Å². The molecular weight excluding hydrogens is 417 g/mol. The fraction of sp³-hybridized carbons (Fsp3) is 0.350. The van der Waals surface area contributed by atoms with Crippen LogP contribution >= 0.6 is 11.3 Å². The fourth-order valence-electron chi connectivity index (χ4n) is 3.46. The number of anilines is 2. The number of rotatable bonds is 4. The monoisotopic (exact) mass is 436 g/mol. The van der Waals surface area contributed by atoms with Crippen LogP contribution in [-0.2, 0) is 11.0 Å². The lowest BCUT2D eigenvalue weighted by Crippen LogP contribution is -2.38. The molecule has 0 unspecified atom stereocenters. The third-order valence-electron chi connectivity index (χ3n) is 5.10. The van der Waals surface area contributed by atoms with Crippen LogP contribution < -0.4 is 15.0 Å². The van der Waals surface area contributed by atoms with Crippen molar-refractivity contribution in [2.75, 3.05) is 30.4 Å². The number of methoxy groups -OCH3 is 1. The number of nitrogens with zero attached hydrogens (tertiary/aromatic N) is 3. The first-order chi connectivity index (χ1) is 14.3. The molecule has 6 nitrogen and oxygen atoms in total. The molecule has 1 aliphatic rings. The van der Waals surface area contributed by atoms with Crippen LogP contribution in [0.15, 0.2) is 36.5 Å². The summed E-state index contributed by atoms with van der Waals surface area (Å²) in [7, 11) is 1.58. The number of pyridine rings is 1. The van der Waals surface area contributed by atoms with Crippen LogP contribution in [0.5, 0.6) is 5.75 Å². The number of alkyl halides is 3. The first kappa shape index (κ1) is 20.4. The number of carbonyl (C=O) groups is 1. The Morgan fingerprint density at radius 1 is 1.23 bits per heavy atom. The van der Waals surface area contributed by atoms with E-state index in [-0.39, 0.29) is 11.8 Å². The minimum atomic E-state index is -4.40. The van der Waals surface area contributed by atoms with Crippen LogP contribution in [0, 0.1) is 5.92 Å². The molecule has 10 heteroatoms. The smallest absolute Gasteiger partial charge is 0.417 e. The number of ether oxygens (including phenoxy) is 1. The summed E-state index contributed by atoms with van der Waals surface area (Å²) in [6.45, 7) is 1.09. The quantitative estimate of drug-likeness (QED) is 0.649. The summed E-state index contributed by atoms with van der Waals surface area (Å²) in [4.78, 5) is 22.9. The van der Waals surface area contributed by atoms with Crippen LogP contribution in [0.4, 0.5) is 24.1 Å². The van der Waals surface area contributed by atoms with E-state index in [2.05, 4.69) is 15.3 Å². The van der Waals surface area contributed by atoms with Gasteiger partial charge in [0.2, 0.25) is 5.91 Å². The van der Waals surface area contributed by atoms with Gasteiger partial charge in [-0.2, -0.15) is 13.2 Å². The molecule has 1 aromatic carbocycles. The summed E-state index contributed by atoms with van der Waals surface area (Å²) < 4.78 is 44.3. The van der Waals surface area contributed by atoms with Gasteiger partial charge in [0, 0.05) is 25.2 Å². The van der Waals surface area contributed by atoms with Crippen LogP contribution in [0.2, 0.25) is 0 Å². The van der Waals surface area contributed by atoms with E-state index < -0.39 is 11.7 Å². The standard InChI is InChI=1S/C20H19F3N4O2S/c1-29-14-3-2-4-15-17(14)25-19(30-15)26-18(28)12-7-9-27(10-8-12)16-6-5-13(11-24-16)20(21,22)23/h2-6,11-12H,7-10H2,1H3,(H,25,26,28). The number of aromatic nitrogens is 2. The predicted molar refractivity (Wildman–Crippen MR) is 109 cm³/mol. The lowest BCUT2D eigenvalue weighted by molar-refractivity contribution is -0.137. The summed E-state index contributed by atoms with van der Waals surface area (Å²) in [5.74, 6) is 0.847. The average molecular weight is 436 g/mol. The summed E-state index contributed by atoms with van der Waals surface area (Å²) in [5, 5.41) is 3.40. The molecule has 3 aromatic rings. The number of piperidine rings is 1. The van der Waals surface area contributed by atoms with Crippen molar-refractivity contribution < 1.29 is 22.7 Å². The van der Waals surface area contributed by atoms with Gasteiger partial charge < -0.3 is 15.0 Å². The molecule has 4 rings (SSSR count). The van der Waals surface area contributed by atoms with E-state index in [9.17, 15) is 18.0 Å². The number of carbonyl (C=O) groups excluding carboxylic acids is 1. The molecule has 0 saturated carbocycles. The molecule has 0 bridgehead atoms. The SMILES string of the molecule is COc1cccc2sc(NC(=O)C3CCN(c4ccc(C(F)(F)F)cn4)CC3)nc12. The van der Waals surface area contributed by atoms with Crippen LogP contribution in [0.25, 0.3) is 10.2 Å². The Kier molecular flexibility index (Phi) is 5.50. The Balaban J connectivity index is 1.36. The van der Waals surface area contributed by atoms with Gasteiger partial charge in [-0.15, -0.1) is 0 Å². The van der Waals surface area contributed by atoms with E-state index in [1.807, 2.05) is 23.1 Å². The Morgan fingerprint density at radius 2 is 2.00 bits per heavy atom. The van der Waals surface area contributed by atoms with Crippen molar-refractivity contribution in [2.45, 2.75) is 19.0 Å².